The Morgan fingerprint density at radius 3 is 2.41 bits per heavy atom. The molecule has 0 amide bonds. The van der Waals surface area contributed by atoms with E-state index in [1.807, 2.05) is 0 Å². The van der Waals surface area contributed by atoms with Gasteiger partial charge < -0.3 is 5.11 Å². The van der Waals surface area contributed by atoms with Gasteiger partial charge >= 0.3 is 12.1 Å². The third-order valence-corrected chi connectivity index (χ3v) is 5.11. The number of alkyl halides is 3. The second-order valence-electron chi connectivity index (χ2n) is 4.60. The van der Waals surface area contributed by atoms with Crippen molar-refractivity contribution in [2.45, 2.75) is 11.1 Å². The lowest BCUT2D eigenvalue weighted by molar-refractivity contribution is -0.187. The number of carbonyl (C=O) groups is 1. The highest BCUT2D eigenvalue weighted by Gasteiger charge is 2.54. The van der Waals surface area contributed by atoms with Crippen LogP contribution in [0.2, 0.25) is 0 Å². The number of halogens is 4. The summed E-state index contributed by atoms with van der Waals surface area (Å²) in [6, 6.07) is 2.53. The van der Waals surface area contributed by atoms with E-state index in [0.717, 1.165) is 6.20 Å². The van der Waals surface area contributed by atoms with Crippen LogP contribution < -0.4 is 0 Å². The van der Waals surface area contributed by atoms with E-state index in [-0.39, 0.29) is 17.3 Å². The van der Waals surface area contributed by atoms with Gasteiger partial charge in [0.05, 0.1) is 11.8 Å². The van der Waals surface area contributed by atoms with Crippen molar-refractivity contribution in [3.05, 3.63) is 24.5 Å². The first-order valence-corrected chi connectivity index (χ1v) is 7.27. The van der Waals surface area contributed by atoms with E-state index in [0.29, 0.717) is 4.31 Å². The Balaban J connectivity index is 0.00000242. The topological polar surface area (TPSA) is 87.6 Å². The van der Waals surface area contributed by atoms with Gasteiger partial charge in [0.1, 0.15) is 4.90 Å². The largest absolute Gasteiger partial charge is 0.481 e. The molecule has 1 aromatic rings. The number of sulfonamides is 1. The molecule has 0 aromatic carbocycles. The number of aliphatic carboxylic acids is 1. The van der Waals surface area contributed by atoms with Crippen molar-refractivity contribution < 1.29 is 31.5 Å². The van der Waals surface area contributed by atoms with Crippen molar-refractivity contribution in [3.8, 4) is 0 Å². The van der Waals surface area contributed by atoms with Gasteiger partial charge in [0.25, 0.3) is 0 Å². The molecule has 0 saturated carbocycles. The summed E-state index contributed by atoms with van der Waals surface area (Å²) in [7, 11) is -4.19. The molecule has 0 aliphatic carbocycles. The summed E-state index contributed by atoms with van der Waals surface area (Å²) < 4.78 is 63.5. The lowest BCUT2D eigenvalue weighted by Crippen LogP contribution is -2.34. The zero-order valence-corrected chi connectivity index (χ0v) is 12.5. The van der Waals surface area contributed by atoms with Gasteiger partial charge in [0.15, 0.2) is 0 Å². The van der Waals surface area contributed by atoms with Crippen molar-refractivity contribution in [1.82, 2.24) is 9.29 Å². The minimum absolute atomic E-state index is 0. The van der Waals surface area contributed by atoms with Gasteiger partial charge in [-0.3, -0.25) is 9.78 Å². The van der Waals surface area contributed by atoms with Gasteiger partial charge in [0.2, 0.25) is 10.0 Å². The molecular weight excluding hydrogens is 349 g/mol. The molecule has 0 spiro atoms. The smallest absolute Gasteiger partial charge is 0.393 e. The number of hydrogen-bond donors (Lipinski definition) is 1. The number of hydrogen-bond acceptors (Lipinski definition) is 4. The number of aromatic nitrogens is 1. The number of carboxylic acids is 1. The third-order valence-electron chi connectivity index (χ3n) is 3.30. The maximum atomic E-state index is 12.8. The van der Waals surface area contributed by atoms with Crippen LogP contribution in [0.3, 0.4) is 0 Å². The first kappa shape index (κ1) is 18.7. The summed E-state index contributed by atoms with van der Waals surface area (Å²) in [5.74, 6) is -5.70. The highest BCUT2D eigenvalue weighted by Crippen LogP contribution is 2.39. The zero-order chi connectivity index (χ0) is 15.8. The molecule has 1 aliphatic heterocycles. The number of carboxylic acid groups (broad SMARTS) is 1. The highest BCUT2D eigenvalue weighted by atomic mass is 35.5. The minimum atomic E-state index is -4.78. The Bertz CT molecular complexity index is 638. The van der Waals surface area contributed by atoms with Crippen LogP contribution in [-0.2, 0) is 14.8 Å². The molecule has 1 saturated heterocycles. The van der Waals surface area contributed by atoms with E-state index >= 15 is 0 Å². The molecule has 0 unspecified atom stereocenters. The van der Waals surface area contributed by atoms with Crippen molar-refractivity contribution in [1.29, 1.82) is 0 Å². The van der Waals surface area contributed by atoms with Gasteiger partial charge in [-0.2, -0.15) is 17.5 Å². The summed E-state index contributed by atoms with van der Waals surface area (Å²) in [4.78, 5) is 14.3. The van der Waals surface area contributed by atoms with Crippen molar-refractivity contribution >= 4 is 28.4 Å². The quantitative estimate of drug-likeness (QED) is 0.880. The normalized spacial score (nSPS) is 23.0. The molecular formula is C11H12ClF3N2O4S. The SMILES string of the molecule is Cl.O=C(O)[C@@H]1CN(S(=O)(=O)c2cccnc2)C[C@H]1C(F)(F)F. The number of nitrogens with zero attached hydrogens (tertiary/aromatic N) is 2. The highest BCUT2D eigenvalue weighted by molar-refractivity contribution is 7.89. The van der Waals surface area contributed by atoms with E-state index < -0.39 is 47.1 Å². The number of rotatable bonds is 3. The fourth-order valence-electron chi connectivity index (χ4n) is 2.19. The number of pyridine rings is 1. The fraction of sp³-hybridized carbons (Fsp3) is 0.455. The summed E-state index contributed by atoms with van der Waals surface area (Å²) in [6.07, 6.45) is -2.45. The monoisotopic (exact) mass is 360 g/mol. The van der Waals surface area contributed by atoms with Crippen molar-refractivity contribution in [2.75, 3.05) is 13.1 Å². The average Bonchev–Trinajstić information content (AvgIpc) is 2.85. The van der Waals surface area contributed by atoms with Crippen molar-refractivity contribution in [3.63, 3.8) is 0 Å². The molecule has 22 heavy (non-hydrogen) atoms. The Hall–Kier alpha value is -1.39. The molecule has 1 fully saturated rings. The van der Waals surface area contributed by atoms with Crippen LogP contribution >= 0.6 is 12.4 Å². The Labute approximate surface area is 130 Å². The van der Waals surface area contributed by atoms with Gasteiger partial charge in [0, 0.05) is 25.5 Å². The van der Waals surface area contributed by atoms with Crippen LogP contribution in [0.5, 0.6) is 0 Å². The first-order valence-electron chi connectivity index (χ1n) is 5.83. The zero-order valence-electron chi connectivity index (χ0n) is 10.9. The molecule has 1 aromatic heterocycles. The Morgan fingerprint density at radius 2 is 2.00 bits per heavy atom. The van der Waals surface area contributed by atoms with E-state index in [9.17, 15) is 26.4 Å². The van der Waals surface area contributed by atoms with Gasteiger partial charge in [-0.05, 0) is 12.1 Å². The summed E-state index contributed by atoms with van der Waals surface area (Å²) in [5, 5.41) is 8.87. The van der Waals surface area contributed by atoms with E-state index in [1.165, 1.54) is 18.3 Å². The van der Waals surface area contributed by atoms with Crippen LogP contribution in [0, 0.1) is 11.8 Å². The van der Waals surface area contributed by atoms with Crippen LogP contribution in [0.15, 0.2) is 29.4 Å². The second-order valence-corrected chi connectivity index (χ2v) is 6.54. The third kappa shape index (κ3) is 3.50. The van der Waals surface area contributed by atoms with Gasteiger partial charge in [-0.25, -0.2) is 8.42 Å². The van der Waals surface area contributed by atoms with Crippen LogP contribution in [0.25, 0.3) is 0 Å². The average molecular weight is 361 g/mol. The van der Waals surface area contributed by atoms with E-state index in [4.69, 9.17) is 5.11 Å². The molecule has 0 bridgehead atoms. The summed E-state index contributed by atoms with van der Waals surface area (Å²) in [6.45, 7) is -1.62. The second kappa shape index (κ2) is 6.39. The predicted octanol–water partition coefficient (Wildman–Crippen LogP) is 1.39. The summed E-state index contributed by atoms with van der Waals surface area (Å²) in [5.41, 5.74) is 0. The van der Waals surface area contributed by atoms with E-state index in [1.54, 1.807) is 0 Å². The van der Waals surface area contributed by atoms with Gasteiger partial charge in [-0.1, -0.05) is 0 Å². The molecule has 2 rings (SSSR count). The first-order chi connectivity index (χ1) is 9.64. The molecule has 11 heteroatoms. The maximum absolute atomic E-state index is 12.8. The van der Waals surface area contributed by atoms with Gasteiger partial charge in [-0.15, -0.1) is 12.4 Å². The lowest BCUT2D eigenvalue weighted by atomic mass is 9.96. The molecule has 2 atom stereocenters. The minimum Gasteiger partial charge on any atom is -0.481 e. The molecule has 2 heterocycles. The lowest BCUT2D eigenvalue weighted by Gasteiger charge is -2.18. The summed E-state index contributed by atoms with van der Waals surface area (Å²) >= 11 is 0. The maximum Gasteiger partial charge on any atom is 0.393 e. The Kier molecular flexibility index (Phi) is 5.42. The molecule has 1 N–H and O–H groups in total. The molecule has 1 aliphatic rings. The van der Waals surface area contributed by atoms with E-state index in [2.05, 4.69) is 4.98 Å². The molecule has 124 valence electrons. The standard InChI is InChI=1S/C11H11F3N2O4S.ClH/c12-11(13,14)9-6-16(5-8(9)10(17)18)21(19,20)7-2-1-3-15-4-7;/h1-4,8-9H,5-6H2,(H,17,18);1H/t8-,9-;/m1./s1. The Morgan fingerprint density at radius 1 is 1.36 bits per heavy atom. The molecule has 0 radical (unpaired) electrons. The van der Waals surface area contributed by atoms with Crippen LogP contribution in [0.1, 0.15) is 0 Å². The fourth-order valence-corrected chi connectivity index (χ4v) is 3.65. The van der Waals surface area contributed by atoms with Crippen LogP contribution in [0.4, 0.5) is 13.2 Å². The van der Waals surface area contributed by atoms with Crippen LogP contribution in [-0.4, -0.2) is 48.0 Å². The van der Waals surface area contributed by atoms with Crippen molar-refractivity contribution in [2.24, 2.45) is 11.8 Å². The molecule has 6 nitrogen and oxygen atoms in total. The predicted molar refractivity (Wildman–Crippen MR) is 70.9 cm³/mol.